The second-order valence-electron chi connectivity index (χ2n) is 4.90. The minimum absolute atomic E-state index is 0.0170. The molecule has 6 nitrogen and oxygen atoms in total. The van der Waals surface area contributed by atoms with E-state index in [0.717, 1.165) is 18.5 Å². The van der Waals surface area contributed by atoms with Crippen LogP contribution in [0.5, 0.6) is 0 Å². The molecule has 0 radical (unpaired) electrons. The average molecular weight is 340 g/mol. The summed E-state index contributed by atoms with van der Waals surface area (Å²) in [5.41, 5.74) is 0.802. The number of thioether (sulfide) groups is 1. The summed E-state index contributed by atoms with van der Waals surface area (Å²) >= 11 is 7.17. The summed E-state index contributed by atoms with van der Waals surface area (Å²) in [5.74, 6) is 0.263. The normalized spacial score (nSPS) is 12.1. The monoisotopic (exact) mass is 339 g/mol. The minimum atomic E-state index is -0.0170. The van der Waals surface area contributed by atoms with E-state index in [9.17, 15) is 4.79 Å². The molecule has 1 atom stereocenters. The second-order valence-corrected chi connectivity index (χ2v) is 6.27. The lowest BCUT2D eigenvalue weighted by Crippen LogP contribution is -2.33. The molecule has 8 heteroatoms. The van der Waals surface area contributed by atoms with Crippen molar-refractivity contribution in [3.63, 3.8) is 0 Å². The Morgan fingerprint density at radius 1 is 1.41 bits per heavy atom. The number of hydrogen-bond donors (Lipinski definition) is 1. The molecule has 1 amide bonds. The second kappa shape index (κ2) is 8.14. The van der Waals surface area contributed by atoms with Crippen molar-refractivity contribution in [3.8, 4) is 5.69 Å². The summed E-state index contributed by atoms with van der Waals surface area (Å²) < 4.78 is 1.59. The smallest absolute Gasteiger partial charge is 0.230 e. The Hall–Kier alpha value is -1.60. The third kappa shape index (κ3) is 4.71. The highest BCUT2D eigenvalue weighted by Gasteiger charge is 2.12. The molecule has 0 unspecified atom stereocenters. The van der Waals surface area contributed by atoms with Gasteiger partial charge in [-0.1, -0.05) is 36.7 Å². The van der Waals surface area contributed by atoms with Gasteiger partial charge < -0.3 is 5.32 Å². The van der Waals surface area contributed by atoms with Gasteiger partial charge in [0.15, 0.2) is 0 Å². The van der Waals surface area contributed by atoms with Crippen molar-refractivity contribution < 1.29 is 4.79 Å². The molecule has 0 aliphatic carbocycles. The molecule has 0 spiro atoms. The van der Waals surface area contributed by atoms with Gasteiger partial charge in [-0.05, 0) is 48.0 Å². The van der Waals surface area contributed by atoms with Crippen molar-refractivity contribution in [1.82, 2.24) is 25.5 Å². The predicted octanol–water partition coefficient (Wildman–Crippen LogP) is 2.71. The number of nitrogens with zero attached hydrogens (tertiary/aromatic N) is 4. The number of amides is 1. The molecule has 22 heavy (non-hydrogen) atoms. The number of carbonyl (C=O) groups is 1. The maximum absolute atomic E-state index is 11.9. The Labute approximate surface area is 138 Å². The van der Waals surface area contributed by atoms with Crippen LogP contribution in [0.3, 0.4) is 0 Å². The first kappa shape index (κ1) is 16.8. The van der Waals surface area contributed by atoms with Gasteiger partial charge in [0.2, 0.25) is 11.1 Å². The highest BCUT2D eigenvalue weighted by Crippen LogP contribution is 2.19. The first-order valence-corrected chi connectivity index (χ1v) is 8.43. The number of hydrogen-bond acceptors (Lipinski definition) is 5. The average Bonchev–Trinajstić information content (AvgIpc) is 2.94. The van der Waals surface area contributed by atoms with Gasteiger partial charge in [0.25, 0.3) is 0 Å². The lowest BCUT2D eigenvalue weighted by Gasteiger charge is -2.12. The molecule has 0 aliphatic heterocycles. The van der Waals surface area contributed by atoms with Crippen molar-refractivity contribution in [2.24, 2.45) is 0 Å². The Balaban J connectivity index is 1.96. The number of carbonyl (C=O) groups excluding carboxylic acids is 1. The third-order valence-corrected chi connectivity index (χ3v) is 4.14. The van der Waals surface area contributed by atoms with E-state index in [-0.39, 0.29) is 17.7 Å². The molecule has 1 heterocycles. The summed E-state index contributed by atoms with van der Waals surface area (Å²) in [6, 6.07) is 7.38. The van der Waals surface area contributed by atoms with E-state index in [0.29, 0.717) is 10.2 Å². The fourth-order valence-electron chi connectivity index (χ4n) is 1.97. The van der Waals surface area contributed by atoms with Gasteiger partial charge in [-0.2, -0.15) is 4.68 Å². The van der Waals surface area contributed by atoms with Crippen LogP contribution < -0.4 is 5.32 Å². The molecule has 1 N–H and O–H groups in total. The van der Waals surface area contributed by atoms with Gasteiger partial charge in [0.1, 0.15) is 0 Å². The van der Waals surface area contributed by atoms with Crippen LogP contribution in [0.25, 0.3) is 5.69 Å². The summed E-state index contributed by atoms with van der Waals surface area (Å²) in [6.07, 6.45) is 2.02. The van der Waals surface area contributed by atoms with Crippen molar-refractivity contribution >= 4 is 29.3 Å². The summed E-state index contributed by atoms with van der Waals surface area (Å²) in [4.78, 5) is 11.9. The lowest BCUT2D eigenvalue weighted by molar-refractivity contribution is -0.119. The largest absolute Gasteiger partial charge is 0.353 e. The quantitative estimate of drug-likeness (QED) is 0.785. The number of benzene rings is 1. The standard InChI is InChI=1S/C14H18ClN5OS/c1-3-4-10(2)16-13(21)9-22-14-17-18-19-20(14)12-7-5-11(15)6-8-12/h5-8,10H,3-4,9H2,1-2H3,(H,16,21)/t10-/m0/s1. The van der Waals surface area contributed by atoms with Crippen molar-refractivity contribution in [3.05, 3.63) is 29.3 Å². The summed E-state index contributed by atoms with van der Waals surface area (Å²) in [6.45, 7) is 4.10. The number of aromatic nitrogens is 4. The molecule has 0 saturated carbocycles. The van der Waals surface area contributed by atoms with Crippen LogP contribution >= 0.6 is 23.4 Å². The minimum Gasteiger partial charge on any atom is -0.353 e. The Kier molecular flexibility index (Phi) is 6.21. The van der Waals surface area contributed by atoms with Crippen LogP contribution in [0.2, 0.25) is 5.02 Å². The van der Waals surface area contributed by atoms with Gasteiger partial charge in [-0.3, -0.25) is 4.79 Å². The molecule has 118 valence electrons. The Morgan fingerprint density at radius 3 is 2.82 bits per heavy atom. The molecule has 2 aromatic rings. The van der Waals surface area contributed by atoms with Crippen molar-refractivity contribution in [1.29, 1.82) is 0 Å². The van der Waals surface area contributed by atoms with Gasteiger partial charge in [-0.25, -0.2) is 0 Å². The van der Waals surface area contributed by atoms with Gasteiger partial charge in [-0.15, -0.1) is 5.10 Å². The zero-order valence-electron chi connectivity index (χ0n) is 12.5. The summed E-state index contributed by atoms with van der Waals surface area (Å²) in [5, 5.41) is 15.7. The first-order valence-electron chi connectivity index (χ1n) is 7.06. The molecule has 0 bridgehead atoms. The number of rotatable bonds is 7. The Bertz CT molecular complexity index is 616. The van der Waals surface area contributed by atoms with E-state index in [1.54, 1.807) is 16.8 Å². The molecule has 0 saturated heterocycles. The van der Waals surface area contributed by atoms with Crippen LogP contribution in [0.1, 0.15) is 26.7 Å². The van der Waals surface area contributed by atoms with Gasteiger partial charge in [0.05, 0.1) is 11.4 Å². The molecular formula is C14H18ClN5OS. The SMILES string of the molecule is CCC[C@H](C)NC(=O)CSc1nnnn1-c1ccc(Cl)cc1. The molecule has 1 aromatic carbocycles. The van der Waals surface area contributed by atoms with Gasteiger partial charge in [0, 0.05) is 11.1 Å². The maximum atomic E-state index is 11.9. The number of tetrazole rings is 1. The number of nitrogens with one attached hydrogen (secondary N) is 1. The van der Waals surface area contributed by atoms with Crippen LogP contribution in [-0.4, -0.2) is 37.9 Å². The van der Waals surface area contributed by atoms with Crippen molar-refractivity contribution in [2.75, 3.05) is 5.75 Å². The van der Waals surface area contributed by atoms with E-state index in [1.807, 2.05) is 19.1 Å². The third-order valence-electron chi connectivity index (χ3n) is 2.97. The zero-order valence-corrected chi connectivity index (χ0v) is 14.1. The van der Waals surface area contributed by atoms with Crippen LogP contribution in [-0.2, 0) is 4.79 Å². The van der Waals surface area contributed by atoms with Crippen LogP contribution in [0.4, 0.5) is 0 Å². The molecule has 1 aromatic heterocycles. The molecule has 0 fully saturated rings. The van der Waals surface area contributed by atoms with E-state index in [1.165, 1.54) is 11.8 Å². The van der Waals surface area contributed by atoms with E-state index >= 15 is 0 Å². The fourth-order valence-corrected chi connectivity index (χ4v) is 2.79. The number of halogens is 1. The highest BCUT2D eigenvalue weighted by molar-refractivity contribution is 7.99. The highest BCUT2D eigenvalue weighted by atomic mass is 35.5. The Morgan fingerprint density at radius 2 is 2.14 bits per heavy atom. The maximum Gasteiger partial charge on any atom is 0.230 e. The van der Waals surface area contributed by atoms with Crippen LogP contribution in [0, 0.1) is 0 Å². The first-order chi connectivity index (χ1) is 10.6. The lowest BCUT2D eigenvalue weighted by atomic mass is 10.2. The molecule has 2 rings (SSSR count). The van der Waals surface area contributed by atoms with E-state index < -0.39 is 0 Å². The fraction of sp³-hybridized carbons (Fsp3) is 0.429. The van der Waals surface area contributed by atoms with Crippen LogP contribution in [0.15, 0.2) is 29.4 Å². The molecule has 0 aliphatic rings. The van der Waals surface area contributed by atoms with E-state index in [2.05, 4.69) is 27.8 Å². The molecular weight excluding hydrogens is 322 g/mol. The zero-order chi connectivity index (χ0) is 15.9. The van der Waals surface area contributed by atoms with E-state index in [4.69, 9.17) is 11.6 Å². The van der Waals surface area contributed by atoms with Gasteiger partial charge >= 0.3 is 0 Å². The predicted molar refractivity (Wildman–Crippen MR) is 87.4 cm³/mol. The van der Waals surface area contributed by atoms with Crippen molar-refractivity contribution in [2.45, 2.75) is 37.9 Å². The topological polar surface area (TPSA) is 72.7 Å². The summed E-state index contributed by atoms with van der Waals surface area (Å²) in [7, 11) is 0.